The molecule has 5 rings (SSSR count). The van der Waals surface area contributed by atoms with E-state index in [2.05, 4.69) is 30.6 Å². The Kier molecular flexibility index (Phi) is 10.1. The highest BCUT2D eigenvalue weighted by Gasteiger charge is 2.38. The monoisotopic (exact) mass is 615 g/mol. The third-order valence-electron chi connectivity index (χ3n) is 7.27. The Labute approximate surface area is 252 Å². The maximum absolute atomic E-state index is 14.1. The maximum atomic E-state index is 14.1. The number of amides is 1. The van der Waals surface area contributed by atoms with Gasteiger partial charge < -0.3 is 25.8 Å². The van der Waals surface area contributed by atoms with Crippen LogP contribution in [0.4, 0.5) is 24.7 Å². The lowest BCUT2D eigenvalue weighted by Crippen LogP contribution is -2.38. The van der Waals surface area contributed by atoms with Crippen molar-refractivity contribution in [1.82, 2.24) is 34.4 Å². The summed E-state index contributed by atoms with van der Waals surface area (Å²) in [6.45, 7) is 7.07. The number of hydrogen-bond donors (Lipinski definition) is 3. The van der Waals surface area contributed by atoms with Gasteiger partial charge in [-0.3, -0.25) is 18.8 Å². The van der Waals surface area contributed by atoms with Crippen molar-refractivity contribution in [1.29, 1.82) is 0 Å². The van der Waals surface area contributed by atoms with Crippen LogP contribution in [0.5, 0.6) is 0 Å². The molecule has 12 nitrogen and oxygen atoms in total. The van der Waals surface area contributed by atoms with Gasteiger partial charge in [-0.2, -0.15) is 18.3 Å². The number of ether oxygens (including phenoxy) is 2. The molecule has 15 heteroatoms. The zero-order valence-electron chi connectivity index (χ0n) is 24.4. The molecule has 1 aromatic carbocycles. The molecule has 4 aromatic rings. The fourth-order valence-corrected chi connectivity index (χ4v) is 5.05. The van der Waals surface area contributed by atoms with Crippen molar-refractivity contribution in [3.8, 4) is 11.3 Å². The summed E-state index contributed by atoms with van der Waals surface area (Å²) in [6, 6.07) is 5.30. The topological polar surface area (TPSA) is 137 Å². The van der Waals surface area contributed by atoms with Gasteiger partial charge in [0.1, 0.15) is 0 Å². The third kappa shape index (κ3) is 7.35. The second-order valence-corrected chi connectivity index (χ2v) is 10.2. The molecule has 0 unspecified atom stereocenters. The average Bonchev–Trinajstić information content (AvgIpc) is 3.65. The number of aromatic nitrogens is 5. The number of imidazole rings is 1. The number of benzene rings is 1. The number of hydrogen-bond acceptors (Lipinski definition) is 9. The molecule has 0 aliphatic carbocycles. The number of morpholine rings is 1. The molecule has 4 heterocycles. The van der Waals surface area contributed by atoms with E-state index < -0.39 is 11.9 Å². The van der Waals surface area contributed by atoms with Crippen molar-refractivity contribution in [3.05, 3.63) is 59.8 Å². The number of anilines is 2. The molecule has 0 saturated carbocycles. The minimum absolute atomic E-state index is 0.0683. The first-order valence-electron chi connectivity index (χ1n) is 14.5. The smallest absolute Gasteiger partial charge is 0.379 e. The maximum Gasteiger partial charge on any atom is 0.435 e. The zero-order chi connectivity index (χ0) is 31.1. The number of carbonyl (C=O) groups excluding carboxylic acids is 1. The predicted octanol–water partition coefficient (Wildman–Crippen LogP) is 2.95. The molecule has 4 N–H and O–H groups in total. The minimum atomic E-state index is -4.65. The van der Waals surface area contributed by atoms with Gasteiger partial charge in [-0.25, -0.2) is 9.97 Å². The number of aryl methyl sites for hydroxylation is 1. The molecule has 0 atom stereocenters. The van der Waals surface area contributed by atoms with E-state index in [0.29, 0.717) is 81.7 Å². The van der Waals surface area contributed by atoms with Crippen molar-refractivity contribution in [2.45, 2.75) is 26.1 Å². The van der Waals surface area contributed by atoms with Gasteiger partial charge in [0, 0.05) is 62.6 Å². The Morgan fingerprint density at radius 2 is 1.98 bits per heavy atom. The van der Waals surface area contributed by atoms with Gasteiger partial charge in [-0.15, -0.1) is 0 Å². The lowest BCUT2D eigenvalue weighted by atomic mass is 10.0. The first kappa shape index (κ1) is 31.4. The second-order valence-electron chi connectivity index (χ2n) is 10.2. The van der Waals surface area contributed by atoms with Crippen LogP contribution < -0.4 is 16.4 Å². The third-order valence-corrected chi connectivity index (χ3v) is 7.27. The van der Waals surface area contributed by atoms with Crippen molar-refractivity contribution in [3.63, 3.8) is 0 Å². The number of alkyl halides is 3. The van der Waals surface area contributed by atoms with Crippen LogP contribution in [-0.4, -0.2) is 94.1 Å². The molecular weight excluding hydrogens is 579 g/mol. The van der Waals surface area contributed by atoms with Gasteiger partial charge >= 0.3 is 6.18 Å². The predicted molar refractivity (Wildman–Crippen MR) is 158 cm³/mol. The number of nitrogens with zero attached hydrogens (tertiary/aromatic N) is 6. The van der Waals surface area contributed by atoms with E-state index in [9.17, 15) is 18.0 Å². The fourth-order valence-electron chi connectivity index (χ4n) is 5.05. The van der Waals surface area contributed by atoms with Crippen molar-refractivity contribution >= 4 is 23.1 Å². The van der Waals surface area contributed by atoms with Crippen LogP contribution in [-0.2, 0) is 28.6 Å². The molecule has 0 bridgehead atoms. The Balaban J connectivity index is 1.36. The Morgan fingerprint density at radius 3 is 2.73 bits per heavy atom. The van der Waals surface area contributed by atoms with Crippen molar-refractivity contribution in [2.24, 2.45) is 5.73 Å². The molecular formula is C29H36F3N9O3. The molecule has 44 heavy (non-hydrogen) atoms. The molecule has 3 aromatic heterocycles. The second kappa shape index (κ2) is 14.2. The van der Waals surface area contributed by atoms with Gasteiger partial charge in [-0.05, 0) is 30.2 Å². The number of carbonyl (C=O) groups is 1. The summed E-state index contributed by atoms with van der Waals surface area (Å²) >= 11 is 0. The van der Waals surface area contributed by atoms with Gasteiger partial charge in [0.05, 0.1) is 50.4 Å². The van der Waals surface area contributed by atoms with E-state index in [1.807, 2.05) is 13.0 Å². The van der Waals surface area contributed by atoms with Crippen LogP contribution in [0, 0.1) is 0 Å². The SMILES string of the molecule is CCc1cc(Nc2nccn3c(-c4cn(CCN5CCOCC5)nc4C(F)(F)F)cnc23)ccc1C(=O)NCCOCCN. The van der Waals surface area contributed by atoms with E-state index in [4.69, 9.17) is 15.2 Å². The summed E-state index contributed by atoms with van der Waals surface area (Å²) in [7, 11) is 0. The van der Waals surface area contributed by atoms with Crippen LogP contribution >= 0.6 is 0 Å². The summed E-state index contributed by atoms with van der Waals surface area (Å²) in [5, 5.41) is 9.96. The van der Waals surface area contributed by atoms with Crippen LogP contribution in [0.2, 0.25) is 0 Å². The van der Waals surface area contributed by atoms with Gasteiger partial charge in [0.2, 0.25) is 0 Å². The summed E-state index contributed by atoms with van der Waals surface area (Å²) in [6.07, 6.45) is 1.82. The Morgan fingerprint density at radius 1 is 1.16 bits per heavy atom. The normalized spacial score (nSPS) is 14.3. The molecule has 0 radical (unpaired) electrons. The number of halogens is 3. The quantitative estimate of drug-likeness (QED) is 0.194. The molecule has 1 saturated heterocycles. The van der Waals surface area contributed by atoms with E-state index in [0.717, 1.165) is 18.7 Å². The van der Waals surface area contributed by atoms with Crippen LogP contribution in [0.15, 0.2) is 43.0 Å². The van der Waals surface area contributed by atoms with Crippen LogP contribution in [0.25, 0.3) is 16.9 Å². The van der Waals surface area contributed by atoms with Crippen LogP contribution in [0.1, 0.15) is 28.5 Å². The minimum Gasteiger partial charge on any atom is -0.379 e. The molecule has 0 spiro atoms. The van der Waals surface area contributed by atoms with Crippen molar-refractivity contribution < 1.29 is 27.4 Å². The number of nitrogens with two attached hydrogens (primary N) is 1. The van der Waals surface area contributed by atoms with E-state index >= 15 is 0 Å². The van der Waals surface area contributed by atoms with Gasteiger partial charge in [0.15, 0.2) is 17.2 Å². The standard InChI is InChI=1S/C29H36F3N9O3/c1-2-20-17-21(3-4-22(20)28(42)35-7-14-43-13-5-33)37-26-27-36-18-24(41(27)8-6-34-26)23-19-40(38-25(23)29(30,31)32)10-9-39-11-15-44-16-12-39/h3-4,6,8,17-19H,2,5,7,9-16,33H2,1H3,(H,34,37)(H,35,42). The van der Waals surface area contributed by atoms with Gasteiger partial charge in [-0.1, -0.05) is 6.92 Å². The number of rotatable bonds is 13. The van der Waals surface area contributed by atoms with Gasteiger partial charge in [0.25, 0.3) is 5.91 Å². The summed E-state index contributed by atoms with van der Waals surface area (Å²) in [5.74, 6) is 0.136. The molecule has 1 aliphatic heterocycles. The molecule has 1 aliphatic rings. The van der Waals surface area contributed by atoms with Crippen LogP contribution in [0.3, 0.4) is 0 Å². The Bertz CT molecular complexity index is 1560. The largest absolute Gasteiger partial charge is 0.435 e. The first-order chi connectivity index (χ1) is 21.3. The summed E-state index contributed by atoms with van der Waals surface area (Å²) < 4.78 is 55.8. The molecule has 1 amide bonds. The number of fused-ring (bicyclic) bond motifs is 1. The van der Waals surface area contributed by atoms with E-state index in [1.54, 1.807) is 22.7 Å². The zero-order valence-corrected chi connectivity index (χ0v) is 24.4. The van der Waals surface area contributed by atoms with Crippen molar-refractivity contribution in [2.75, 3.05) is 64.5 Å². The summed E-state index contributed by atoms with van der Waals surface area (Å²) in [4.78, 5) is 23.7. The highest BCUT2D eigenvalue weighted by Crippen LogP contribution is 2.37. The summed E-state index contributed by atoms with van der Waals surface area (Å²) in [5.41, 5.74) is 6.95. The van der Waals surface area contributed by atoms with E-state index in [1.165, 1.54) is 23.3 Å². The fraction of sp³-hybridized carbons (Fsp3) is 0.448. The first-order valence-corrected chi connectivity index (χ1v) is 14.5. The molecule has 1 fully saturated rings. The average molecular weight is 616 g/mol. The Hall–Kier alpha value is -4.05. The molecule has 236 valence electrons. The van der Waals surface area contributed by atoms with E-state index in [-0.39, 0.29) is 17.2 Å². The lowest BCUT2D eigenvalue weighted by Gasteiger charge is -2.26. The number of nitrogens with one attached hydrogen (secondary N) is 2. The highest BCUT2D eigenvalue weighted by atomic mass is 19.4. The lowest BCUT2D eigenvalue weighted by molar-refractivity contribution is -0.141. The highest BCUT2D eigenvalue weighted by molar-refractivity contribution is 5.96.